The Morgan fingerprint density at radius 2 is 1.82 bits per heavy atom. The molecular weight excluding hydrogens is 499 g/mol. The van der Waals surface area contributed by atoms with Crippen molar-refractivity contribution in [3.8, 4) is 22.5 Å². The number of rotatable bonds is 7. The number of halogens is 1. The minimum Gasteiger partial charge on any atom is -0.357 e. The lowest BCUT2D eigenvalue weighted by Gasteiger charge is -2.26. The van der Waals surface area contributed by atoms with E-state index in [0.29, 0.717) is 5.65 Å². The van der Waals surface area contributed by atoms with Crippen LogP contribution < -0.4 is 0 Å². The van der Waals surface area contributed by atoms with Gasteiger partial charge in [-0.05, 0) is 92.4 Å². The van der Waals surface area contributed by atoms with E-state index in [2.05, 4.69) is 54.8 Å². The standard InChI is InChI=1S/C33H33FN6/c1-4-8-28(24-11-21(2)12-27(34)14-24)29-16-31(37-22(29)3)32-30-15-26(19-36-33(30)39-38-32)25-13-23(17-35-18-25)20-40-9-6-5-7-10-40/h4,8,11-19,37H,1,5-7,9-10,20H2,2-3H3,(H,36,38,39)/b28-8-. The summed E-state index contributed by atoms with van der Waals surface area (Å²) in [4.78, 5) is 15.2. The average molecular weight is 533 g/mol. The van der Waals surface area contributed by atoms with Crippen molar-refractivity contribution in [1.29, 1.82) is 0 Å². The van der Waals surface area contributed by atoms with Gasteiger partial charge in [-0.1, -0.05) is 31.2 Å². The van der Waals surface area contributed by atoms with Gasteiger partial charge in [-0.3, -0.25) is 15.0 Å². The van der Waals surface area contributed by atoms with Gasteiger partial charge in [0.1, 0.15) is 5.82 Å². The van der Waals surface area contributed by atoms with E-state index in [-0.39, 0.29) is 5.82 Å². The maximum absolute atomic E-state index is 14.3. The fourth-order valence-corrected chi connectivity index (χ4v) is 5.69. The number of H-pyrrole nitrogens is 2. The molecule has 0 unspecified atom stereocenters. The van der Waals surface area contributed by atoms with Crippen LogP contribution in [-0.2, 0) is 6.54 Å². The number of aromatic nitrogens is 5. The number of pyridine rings is 2. The summed E-state index contributed by atoms with van der Waals surface area (Å²) in [6, 6.07) is 11.5. The maximum Gasteiger partial charge on any atom is 0.181 e. The van der Waals surface area contributed by atoms with Crippen LogP contribution in [0.15, 0.2) is 73.7 Å². The molecule has 0 spiro atoms. The predicted octanol–water partition coefficient (Wildman–Crippen LogP) is 7.37. The molecule has 6 rings (SSSR count). The molecule has 0 radical (unpaired) electrons. The highest BCUT2D eigenvalue weighted by Gasteiger charge is 2.18. The van der Waals surface area contributed by atoms with Crippen LogP contribution in [0.5, 0.6) is 0 Å². The van der Waals surface area contributed by atoms with Crippen molar-refractivity contribution in [3.63, 3.8) is 0 Å². The van der Waals surface area contributed by atoms with Gasteiger partial charge in [0.05, 0.1) is 11.4 Å². The number of aromatic amines is 2. The minimum atomic E-state index is -0.258. The summed E-state index contributed by atoms with van der Waals surface area (Å²) in [7, 11) is 0. The second kappa shape index (κ2) is 11.0. The summed E-state index contributed by atoms with van der Waals surface area (Å²) in [6.45, 7) is 11.0. The molecular formula is C33H33FN6. The third kappa shape index (κ3) is 5.25. The molecule has 0 bridgehead atoms. The Bertz CT molecular complexity index is 1700. The van der Waals surface area contributed by atoms with Gasteiger partial charge < -0.3 is 4.98 Å². The third-order valence-corrected chi connectivity index (χ3v) is 7.60. The zero-order chi connectivity index (χ0) is 27.6. The first-order valence-electron chi connectivity index (χ1n) is 13.8. The number of likely N-dealkylation sites (tertiary alicyclic amines) is 1. The Morgan fingerprint density at radius 1 is 1.00 bits per heavy atom. The molecule has 0 aliphatic carbocycles. The van der Waals surface area contributed by atoms with E-state index in [1.165, 1.54) is 30.9 Å². The van der Waals surface area contributed by atoms with Crippen LogP contribution >= 0.6 is 0 Å². The van der Waals surface area contributed by atoms with Gasteiger partial charge in [0.25, 0.3) is 0 Å². The number of aryl methyl sites for hydroxylation is 2. The van der Waals surface area contributed by atoms with Gasteiger partial charge in [-0.2, -0.15) is 5.10 Å². The topological polar surface area (TPSA) is 73.5 Å². The van der Waals surface area contributed by atoms with Crippen LogP contribution in [0.3, 0.4) is 0 Å². The number of nitrogens with zero attached hydrogens (tertiary/aromatic N) is 4. The Morgan fingerprint density at radius 3 is 2.62 bits per heavy atom. The van der Waals surface area contributed by atoms with E-state index in [4.69, 9.17) is 0 Å². The van der Waals surface area contributed by atoms with Crippen molar-refractivity contribution in [1.82, 2.24) is 30.0 Å². The molecule has 1 aliphatic rings. The van der Waals surface area contributed by atoms with Gasteiger partial charge in [0.2, 0.25) is 0 Å². The minimum absolute atomic E-state index is 0.258. The molecule has 0 saturated carbocycles. The van der Waals surface area contributed by atoms with E-state index in [1.54, 1.807) is 12.1 Å². The molecule has 0 amide bonds. The lowest BCUT2D eigenvalue weighted by Crippen LogP contribution is -2.29. The zero-order valence-corrected chi connectivity index (χ0v) is 23.0. The molecule has 5 aromatic rings. The molecule has 6 nitrogen and oxygen atoms in total. The molecule has 202 valence electrons. The SMILES string of the molecule is C=C/C=C(/c1cc(C)cc(F)c1)c1cc(-c2[nH]nc3ncc(-c4cncc(CN5CCCCC5)c4)cc23)[nH]c1C. The zero-order valence-electron chi connectivity index (χ0n) is 23.0. The number of benzene rings is 1. The Hall–Kier alpha value is -4.36. The lowest BCUT2D eigenvalue weighted by atomic mass is 9.96. The number of piperidine rings is 1. The van der Waals surface area contributed by atoms with Gasteiger partial charge in [-0.15, -0.1) is 0 Å². The monoisotopic (exact) mass is 532 g/mol. The third-order valence-electron chi connectivity index (χ3n) is 7.60. The van der Waals surface area contributed by atoms with Crippen molar-refractivity contribution in [2.24, 2.45) is 0 Å². The van der Waals surface area contributed by atoms with Gasteiger partial charge in [0, 0.05) is 52.9 Å². The van der Waals surface area contributed by atoms with Gasteiger partial charge in [0.15, 0.2) is 5.65 Å². The maximum atomic E-state index is 14.3. The summed E-state index contributed by atoms with van der Waals surface area (Å²) in [5, 5.41) is 8.56. The van der Waals surface area contributed by atoms with Crippen molar-refractivity contribution in [2.45, 2.75) is 39.7 Å². The van der Waals surface area contributed by atoms with Crippen molar-refractivity contribution in [2.75, 3.05) is 13.1 Å². The Labute approximate surface area is 233 Å². The van der Waals surface area contributed by atoms with E-state index in [0.717, 1.165) is 75.5 Å². The first-order chi connectivity index (χ1) is 19.5. The number of nitrogens with one attached hydrogen (secondary N) is 2. The second-order valence-electron chi connectivity index (χ2n) is 10.7. The van der Waals surface area contributed by atoms with Crippen molar-refractivity contribution >= 4 is 16.6 Å². The number of hydrogen-bond donors (Lipinski definition) is 2. The summed E-state index contributed by atoms with van der Waals surface area (Å²) < 4.78 is 14.3. The normalized spacial score (nSPS) is 14.6. The molecule has 4 aromatic heterocycles. The summed E-state index contributed by atoms with van der Waals surface area (Å²) in [5.41, 5.74) is 10.1. The van der Waals surface area contributed by atoms with Crippen molar-refractivity contribution in [3.05, 3.63) is 107 Å². The molecule has 1 aliphatic heterocycles. The summed E-state index contributed by atoms with van der Waals surface area (Å²) in [6.07, 6.45) is 13.2. The van der Waals surface area contributed by atoms with E-state index >= 15 is 0 Å². The Balaban J connectivity index is 1.35. The van der Waals surface area contributed by atoms with E-state index in [9.17, 15) is 4.39 Å². The van der Waals surface area contributed by atoms with Gasteiger partial charge >= 0.3 is 0 Å². The first kappa shape index (κ1) is 25.9. The highest BCUT2D eigenvalue weighted by molar-refractivity contribution is 5.94. The number of allylic oxidation sites excluding steroid dienone is 2. The summed E-state index contributed by atoms with van der Waals surface area (Å²) in [5.74, 6) is -0.258. The lowest BCUT2D eigenvalue weighted by molar-refractivity contribution is 0.220. The molecule has 2 N–H and O–H groups in total. The molecule has 0 atom stereocenters. The smallest absolute Gasteiger partial charge is 0.181 e. The van der Waals surface area contributed by atoms with Crippen molar-refractivity contribution < 1.29 is 4.39 Å². The first-order valence-corrected chi connectivity index (χ1v) is 13.8. The molecule has 5 heterocycles. The quantitative estimate of drug-likeness (QED) is 0.215. The molecule has 1 aromatic carbocycles. The molecule has 1 fully saturated rings. The highest BCUT2D eigenvalue weighted by Crippen LogP contribution is 2.34. The van der Waals surface area contributed by atoms with Crippen LogP contribution in [0.4, 0.5) is 4.39 Å². The highest BCUT2D eigenvalue weighted by atomic mass is 19.1. The average Bonchev–Trinajstić information content (AvgIpc) is 3.54. The van der Waals surface area contributed by atoms with Crippen LogP contribution in [0.25, 0.3) is 39.1 Å². The van der Waals surface area contributed by atoms with Crippen LogP contribution in [0.2, 0.25) is 0 Å². The molecule has 7 heteroatoms. The van der Waals surface area contributed by atoms with Crippen LogP contribution in [0.1, 0.15) is 47.2 Å². The fraction of sp³-hybridized carbons (Fsp3) is 0.242. The predicted molar refractivity (Wildman–Crippen MR) is 159 cm³/mol. The largest absolute Gasteiger partial charge is 0.357 e. The number of hydrogen-bond acceptors (Lipinski definition) is 4. The van der Waals surface area contributed by atoms with E-state index in [1.807, 2.05) is 44.6 Å². The number of fused-ring (bicyclic) bond motifs is 1. The molecule has 1 saturated heterocycles. The van der Waals surface area contributed by atoms with Crippen LogP contribution in [-0.4, -0.2) is 43.1 Å². The summed E-state index contributed by atoms with van der Waals surface area (Å²) >= 11 is 0. The van der Waals surface area contributed by atoms with Crippen LogP contribution in [0, 0.1) is 19.7 Å². The molecule has 40 heavy (non-hydrogen) atoms. The van der Waals surface area contributed by atoms with Gasteiger partial charge in [-0.25, -0.2) is 9.37 Å². The fourth-order valence-electron chi connectivity index (χ4n) is 5.69. The Kier molecular flexibility index (Phi) is 7.13. The van der Waals surface area contributed by atoms with E-state index < -0.39 is 0 Å². The second-order valence-corrected chi connectivity index (χ2v) is 10.7.